The fraction of sp³-hybridized carbons (Fsp3) is 0.231. The van der Waals surface area contributed by atoms with Crippen molar-refractivity contribution in [3.63, 3.8) is 0 Å². The summed E-state index contributed by atoms with van der Waals surface area (Å²) in [5.41, 5.74) is 8.26. The van der Waals surface area contributed by atoms with Crippen LogP contribution in [0, 0.1) is 0 Å². The molecular formula is C13H14BrN3O2. The first-order valence-electron chi connectivity index (χ1n) is 5.80. The number of aliphatic carboxylic acids is 1. The molecule has 1 aromatic carbocycles. The van der Waals surface area contributed by atoms with Crippen LogP contribution in [0.25, 0.3) is 0 Å². The van der Waals surface area contributed by atoms with Crippen LogP contribution in [-0.2, 0) is 17.6 Å². The Morgan fingerprint density at radius 3 is 2.74 bits per heavy atom. The van der Waals surface area contributed by atoms with Crippen molar-refractivity contribution in [3.8, 4) is 0 Å². The fourth-order valence-electron chi connectivity index (χ4n) is 1.78. The Balaban J connectivity index is 2.11. The van der Waals surface area contributed by atoms with E-state index in [-0.39, 0.29) is 6.42 Å². The summed E-state index contributed by atoms with van der Waals surface area (Å²) in [7, 11) is 0. The normalized spacial score (nSPS) is 12.3. The third kappa shape index (κ3) is 3.65. The molecule has 100 valence electrons. The molecule has 1 aromatic heterocycles. The van der Waals surface area contributed by atoms with Crippen LogP contribution in [0.2, 0.25) is 0 Å². The first kappa shape index (κ1) is 13.8. The van der Waals surface area contributed by atoms with Crippen molar-refractivity contribution in [1.29, 1.82) is 0 Å². The zero-order valence-corrected chi connectivity index (χ0v) is 11.7. The minimum atomic E-state index is -1.02. The summed E-state index contributed by atoms with van der Waals surface area (Å²) in [6.07, 6.45) is 2.47. The highest BCUT2D eigenvalue weighted by molar-refractivity contribution is 9.10. The number of benzene rings is 1. The van der Waals surface area contributed by atoms with E-state index in [1.165, 1.54) is 0 Å². The predicted octanol–water partition coefficient (Wildman–Crippen LogP) is 1.72. The lowest BCUT2D eigenvalue weighted by atomic mass is 10.1. The highest BCUT2D eigenvalue weighted by Gasteiger charge is 2.16. The van der Waals surface area contributed by atoms with Gasteiger partial charge in [-0.05, 0) is 17.7 Å². The van der Waals surface area contributed by atoms with Crippen LogP contribution in [0.15, 0.2) is 35.1 Å². The molecule has 0 spiro atoms. The van der Waals surface area contributed by atoms with E-state index in [1.807, 2.05) is 24.3 Å². The maximum atomic E-state index is 10.8. The number of imidazole rings is 1. The number of carboxylic acid groups (broad SMARTS) is 1. The second-order valence-electron chi connectivity index (χ2n) is 4.28. The Bertz CT molecular complexity index is 566. The molecule has 1 atom stereocenters. The topological polar surface area (TPSA) is 92.0 Å². The summed E-state index contributed by atoms with van der Waals surface area (Å²) < 4.78 is 1.02. The van der Waals surface area contributed by atoms with Crippen molar-refractivity contribution in [2.75, 3.05) is 0 Å². The van der Waals surface area contributed by atoms with Crippen molar-refractivity contribution < 1.29 is 9.90 Å². The molecule has 4 N–H and O–H groups in total. The number of H-pyrrole nitrogens is 1. The van der Waals surface area contributed by atoms with E-state index in [2.05, 4.69) is 25.9 Å². The van der Waals surface area contributed by atoms with Crippen LogP contribution in [-0.4, -0.2) is 27.1 Å². The lowest BCUT2D eigenvalue weighted by molar-refractivity contribution is -0.138. The van der Waals surface area contributed by atoms with E-state index < -0.39 is 12.0 Å². The molecule has 0 amide bonds. The molecule has 19 heavy (non-hydrogen) atoms. The second kappa shape index (κ2) is 5.99. The molecule has 0 saturated heterocycles. The van der Waals surface area contributed by atoms with Crippen LogP contribution in [0.3, 0.4) is 0 Å². The summed E-state index contributed by atoms with van der Waals surface area (Å²) in [5, 5.41) is 8.82. The molecular weight excluding hydrogens is 310 g/mol. The molecule has 2 aromatic rings. The zero-order valence-electron chi connectivity index (χ0n) is 10.1. The third-order valence-corrected chi connectivity index (χ3v) is 3.36. The largest absolute Gasteiger partial charge is 0.480 e. The molecule has 0 aliphatic carbocycles. The maximum absolute atomic E-state index is 10.8. The number of aromatic nitrogens is 2. The fourth-order valence-corrected chi connectivity index (χ4v) is 2.04. The molecule has 0 radical (unpaired) electrons. The summed E-state index contributed by atoms with van der Waals surface area (Å²) in [5.74, 6) is -1.02. The van der Waals surface area contributed by atoms with Gasteiger partial charge in [0.05, 0.1) is 12.0 Å². The van der Waals surface area contributed by atoms with Gasteiger partial charge in [-0.1, -0.05) is 28.1 Å². The van der Waals surface area contributed by atoms with Gasteiger partial charge in [-0.25, -0.2) is 4.98 Å². The van der Waals surface area contributed by atoms with E-state index in [1.54, 1.807) is 6.33 Å². The average molecular weight is 324 g/mol. The van der Waals surface area contributed by atoms with Gasteiger partial charge in [-0.15, -0.1) is 0 Å². The van der Waals surface area contributed by atoms with Crippen molar-refractivity contribution >= 4 is 21.9 Å². The number of aromatic amines is 1. The molecule has 5 nitrogen and oxygen atoms in total. The minimum Gasteiger partial charge on any atom is -0.480 e. The number of carboxylic acids is 1. The molecule has 1 heterocycles. The van der Waals surface area contributed by atoms with Gasteiger partial charge in [0.15, 0.2) is 0 Å². The monoisotopic (exact) mass is 323 g/mol. The number of halogens is 1. The van der Waals surface area contributed by atoms with Crippen molar-refractivity contribution in [2.24, 2.45) is 5.73 Å². The third-order valence-electron chi connectivity index (χ3n) is 2.83. The molecule has 2 rings (SSSR count). The summed E-state index contributed by atoms with van der Waals surface area (Å²) in [4.78, 5) is 18.0. The van der Waals surface area contributed by atoms with Crippen LogP contribution in [0.1, 0.15) is 17.0 Å². The molecule has 0 aliphatic heterocycles. The summed E-state index contributed by atoms with van der Waals surface area (Å²) in [6.45, 7) is 0. The lowest BCUT2D eigenvalue weighted by Crippen LogP contribution is -2.32. The van der Waals surface area contributed by atoms with Crippen LogP contribution in [0.5, 0.6) is 0 Å². The molecule has 1 unspecified atom stereocenters. The van der Waals surface area contributed by atoms with Gasteiger partial charge in [0.25, 0.3) is 0 Å². The first-order chi connectivity index (χ1) is 9.06. The van der Waals surface area contributed by atoms with Crippen molar-refractivity contribution in [3.05, 3.63) is 52.0 Å². The Morgan fingerprint density at radius 2 is 2.11 bits per heavy atom. The number of hydrogen-bond acceptors (Lipinski definition) is 3. The Kier molecular flexibility index (Phi) is 4.34. The van der Waals surface area contributed by atoms with Crippen LogP contribution in [0.4, 0.5) is 0 Å². The van der Waals surface area contributed by atoms with Gasteiger partial charge < -0.3 is 15.8 Å². The number of nitrogens with two attached hydrogens (primary N) is 1. The number of hydrogen-bond donors (Lipinski definition) is 3. The predicted molar refractivity (Wildman–Crippen MR) is 74.9 cm³/mol. The Morgan fingerprint density at radius 1 is 1.42 bits per heavy atom. The van der Waals surface area contributed by atoms with Gasteiger partial charge in [0, 0.05) is 23.0 Å². The van der Waals surface area contributed by atoms with Gasteiger partial charge in [0.1, 0.15) is 6.04 Å². The Labute approximate surface area is 119 Å². The summed E-state index contributed by atoms with van der Waals surface area (Å²) in [6, 6.07) is 7.02. The van der Waals surface area contributed by atoms with E-state index in [4.69, 9.17) is 10.8 Å². The lowest BCUT2D eigenvalue weighted by Gasteiger charge is -2.06. The Hall–Kier alpha value is -1.66. The van der Waals surface area contributed by atoms with Crippen LogP contribution >= 0.6 is 15.9 Å². The van der Waals surface area contributed by atoms with Gasteiger partial charge in [-0.3, -0.25) is 4.79 Å². The maximum Gasteiger partial charge on any atom is 0.320 e. The molecule has 0 fully saturated rings. The SMILES string of the molecule is NC(Cc1nc[nH]c1Cc1ccc(Br)cc1)C(=O)O. The molecule has 0 saturated carbocycles. The molecule has 0 aliphatic rings. The van der Waals surface area contributed by atoms with E-state index in [0.717, 1.165) is 15.7 Å². The second-order valence-corrected chi connectivity index (χ2v) is 5.20. The van der Waals surface area contributed by atoms with E-state index in [0.29, 0.717) is 12.1 Å². The molecule has 6 heteroatoms. The van der Waals surface area contributed by atoms with Crippen molar-refractivity contribution in [2.45, 2.75) is 18.9 Å². The average Bonchev–Trinajstić information content (AvgIpc) is 2.79. The zero-order chi connectivity index (χ0) is 13.8. The number of carbonyl (C=O) groups is 1. The number of nitrogens with one attached hydrogen (secondary N) is 1. The van der Waals surface area contributed by atoms with E-state index in [9.17, 15) is 4.79 Å². The standard InChI is InChI=1S/C13H14BrN3O2/c14-9-3-1-8(2-4-9)5-11-12(17-7-16-11)6-10(15)13(18)19/h1-4,7,10H,5-6,15H2,(H,16,17)(H,18,19). The quantitative estimate of drug-likeness (QED) is 0.781. The van der Waals surface area contributed by atoms with E-state index >= 15 is 0 Å². The van der Waals surface area contributed by atoms with Gasteiger partial charge >= 0.3 is 5.97 Å². The minimum absolute atomic E-state index is 0.227. The number of nitrogens with zero attached hydrogens (tertiary/aromatic N) is 1. The van der Waals surface area contributed by atoms with Gasteiger partial charge in [0.2, 0.25) is 0 Å². The number of rotatable bonds is 5. The molecule has 0 bridgehead atoms. The highest BCUT2D eigenvalue weighted by atomic mass is 79.9. The van der Waals surface area contributed by atoms with Crippen LogP contribution < -0.4 is 5.73 Å². The van der Waals surface area contributed by atoms with Gasteiger partial charge in [-0.2, -0.15) is 0 Å². The summed E-state index contributed by atoms with van der Waals surface area (Å²) >= 11 is 3.38. The highest BCUT2D eigenvalue weighted by Crippen LogP contribution is 2.15. The van der Waals surface area contributed by atoms with Crippen molar-refractivity contribution in [1.82, 2.24) is 9.97 Å². The first-order valence-corrected chi connectivity index (χ1v) is 6.59. The smallest absolute Gasteiger partial charge is 0.320 e.